The van der Waals surface area contributed by atoms with Crippen LogP contribution in [0.4, 0.5) is 14.5 Å². The number of rotatable bonds is 3. The zero-order chi connectivity index (χ0) is 16.1. The molecule has 0 aliphatic carbocycles. The molecule has 1 N–H and O–H groups in total. The summed E-state index contributed by atoms with van der Waals surface area (Å²) in [6.45, 7) is 0. The van der Waals surface area contributed by atoms with Gasteiger partial charge >= 0.3 is 0 Å². The molecule has 0 fully saturated rings. The van der Waals surface area contributed by atoms with E-state index in [2.05, 4.69) is 5.32 Å². The summed E-state index contributed by atoms with van der Waals surface area (Å²) < 4.78 is 26.3. The van der Waals surface area contributed by atoms with Gasteiger partial charge in [-0.2, -0.15) is 5.26 Å². The summed E-state index contributed by atoms with van der Waals surface area (Å²) in [6, 6.07) is 11.0. The van der Waals surface area contributed by atoms with Crippen LogP contribution in [-0.4, -0.2) is 5.91 Å². The van der Waals surface area contributed by atoms with Crippen LogP contribution in [0.2, 0.25) is 5.02 Å². The molecule has 1 amide bonds. The molecule has 110 valence electrons. The number of nitrogens with zero attached hydrogens (tertiary/aromatic N) is 1. The van der Waals surface area contributed by atoms with Crippen molar-refractivity contribution in [3.8, 4) is 6.07 Å². The maximum atomic E-state index is 13.5. The first-order valence-electron chi connectivity index (χ1n) is 6.13. The SMILES string of the molecule is N#C/C(=C\c1ccc(Cl)cc1)C(=O)Nc1ccc(F)cc1F. The minimum Gasteiger partial charge on any atom is -0.319 e. The maximum Gasteiger partial charge on any atom is 0.266 e. The standard InChI is InChI=1S/C16H9ClF2N2O/c17-12-3-1-10(2-4-12)7-11(9-20)16(22)21-15-6-5-13(18)8-14(15)19/h1-8H,(H,21,22)/b11-7+. The molecule has 2 aromatic carbocycles. The Hall–Kier alpha value is -2.71. The molecular formula is C16H9ClF2N2O. The number of benzene rings is 2. The quantitative estimate of drug-likeness (QED) is 0.682. The zero-order valence-corrected chi connectivity index (χ0v) is 11.9. The van der Waals surface area contributed by atoms with Gasteiger partial charge in [-0.15, -0.1) is 0 Å². The Balaban J connectivity index is 2.22. The van der Waals surface area contributed by atoms with Crippen molar-refractivity contribution in [2.24, 2.45) is 0 Å². The van der Waals surface area contributed by atoms with Crippen LogP contribution in [0.3, 0.4) is 0 Å². The van der Waals surface area contributed by atoms with Crippen molar-refractivity contribution in [1.82, 2.24) is 0 Å². The van der Waals surface area contributed by atoms with Crippen LogP contribution in [0.15, 0.2) is 48.0 Å². The number of anilines is 1. The second-order valence-electron chi connectivity index (χ2n) is 4.30. The molecule has 0 spiro atoms. The molecule has 0 unspecified atom stereocenters. The first-order chi connectivity index (χ1) is 10.5. The first kappa shape index (κ1) is 15.7. The van der Waals surface area contributed by atoms with Gasteiger partial charge in [-0.25, -0.2) is 8.78 Å². The Morgan fingerprint density at radius 3 is 2.45 bits per heavy atom. The predicted molar refractivity (Wildman–Crippen MR) is 80.0 cm³/mol. The average Bonchev–Trinajstić information content (AvgIpc) is 2.49. The van der Waals surface area contributed by atoms with Gasteiger partial charge in [0.1, 0.15) is 23.3 Å². The van der Waals surface area contributed by atoms with Crippen LogP contribution < -0.4 is 5.32 Å². The van der Waals surface area contributed by atoms with Crippen LogP contribution in [0.1, 0.15) is 5.56 Å². The van der Waals surface area contributed by atoms with Gasteiger partial charge in [0.05, 0.1) is 5.69 Å². The first-order valence-corrected chi connectivity index (χ1v) is 6.51. The fourth-order valence-corrected chi connectivity index (χ4v) is 1.78. The van der Waals surface area contributed by atoms with Gasteiger partial charge in [-0.3, -0.25) is 4.79 Å². The molecule has 0 atom stereocenters. The largest absolute Gasteiger partial charge is 0.319 e. The van der Waals surface area contributed by atoms with Crippen molar-refractivity contribution in [2.45, 2.75) is 0 Å². The normalized spacial score (nSPS) is 10.9. The Labute approximate surface area is 130 Å². The highest BCUT2D eigenvalue weighted by atomic mass is 35.5. The van der Waals surface area contributed by atoms with Crippen molar-refractivity contribution in [1.29, 1.82) is 5.26 Å². The molecule has 0 heterocycles. The summed E-state index contributed by atoms with van der Waals surface area (Å²) in [4.78, 5) is 12.0. The van der Waals surface area contributed by atoms with Gasteiger partial charge in [0, 0.05) is 11.1 Å². The highest BCUT2D eigenvalue weighted by Crippen LogP contribution is 2.17. The smallest absolute Gasteiger partial charge is 0.266 e. The highest BCUT2D eigenvalue weighted by Gasteiger charge is 2.12. The van der Waals surface area contributed by atoms with E-state index in [0.29, 0.717) is 16.7 Å². The molecule has 0 bridgehead atoms. The molecule has 0 aromatic heterocycles. The van der Waals surface area contributed by atoms with Crippen LogP contribution in [0, 0.1) is 23.0 Å². The Bertz CT molecular complexity index is 780. The minimum atomic E-state index is -0.919. The van der Waals surface area contributed by atoms with Crippen LogP contribution in [0.5, 0.6) is 0 Å². The Morgan fingerprint density at radius 2 is 1.86 bits per heavy atom. The third kappa shape index (κ3) is 3.90. The lowest BCUT2D eigenvalue weighted by Gasteiger charge is -2.05. The number of hydrogen-bond acceptors (Lipinski definition) is 2. The van der Waals surface area contributed by atoms with Crippen molar-refractivity contribution in [2.75, 3.05) is 5.32 Å². The fraction of sp³-hybridized carbons (Fsp3) is 0. The van der Waals surface area contributed by atoms with E-state index in [1.807, 2.05) is 0 Å². The van der Waals surface area contributed by atoms with E-state index >= 15 is 0 Å². The van der Waals surface area contributed by atoms with E-state index in [0.717, 1.165) is 12.1 Å². The Kier molecular flexibility index (Phi) is 4.87. The van der Waals surface area contributed by atoms with E-state index in [9.17, 15) is 13.6 Å². The maximum absolute atomic E-state index is 13.5. The monoisotopic (exact) mass is 318 g/mol. The van der Waals surface area contributed by atoms with E-state index in [4.69, 9.17) is 16.9 Å². The van der Waals surface area contributed by atoms with Crippen molar-refractivity contribution >= 4 is 29.3 Å². The molecule has 2 rings (SSSR count). The molecule has 0 aliphatic heterocycles. The van der Waals surface area contributed by atoms with E-state index < -0.39 is 17.5 Å². The van der Waals surface area contributed by atoms with Gasteiger partial charge in [0.2, 0.25) is 0 Å². The van der Waals surface area contributed by atoms with Crippen LogP contribution in [-0.2, 0) is 4.79 Å². The number of halogens is 3. The Morgan fingerprint density at radius 1 is 1.18 bits per heavy atom. The third-order valence-corrected chi connectivity index (χ3v) is 2.98. The predicted octanol–water partition coefficient (Wildman–Crippen LogP) is 4.16. The number of amides is 1. The lowest BCUT2D eigenvalue weighted by molar-refractivity contribution is -0.112. The molecule has 3 nitrogen and oxygen atoms in total. The molecule has 22 heavy (non-hydrogen) atoms. The van der Waals surface area contributed by atoms with Crippen molar-refractivity contribution < 1.29 is 13.6 Å². The van der Waals surface area contributed by atoms with Gasteiger partial charge < -0.3 is 5.32 Å². The van der Waals surface area contributed by atoms with Gasteiger partial charge in [0.15, 0.2) is 0 Å². The van der Waals surface area contributed by atoms with Gasteiger partial charge in [0.25, 0.3) is 5.91 Å². The second-order valence-corrected chi connectivity index (χ2v) is 4.74. The topological polar surface area (TPSA) is 52.9 Å². The summed E-state index contributed by atoms with van der Waals surface area (Å²) >= 11 is 5.74. The second kappa shape index (κ2) is 6.83. The molecule has 0 aliphatic rings. The van der Waals surface area contributed by atoms with Crippen molar-refractivity contribution in [3.05, 3.63) is 70.3 Å². The summed E-state index contributed by atoms with van der Waals surface area (Å²) in [6.07, 6.45) is 1.34. The molecule has 2 aromatic rings. The number of nitriles is 1. The van der Waals surface area contributed by atoms with E-state index in [1.165, 1.54) is 6.08 Å². The lowest BCUT2D eigenvalue weighted by atomic mass is 10.1. The lowest BCUT2D eigenvalue weighted by Crippen LogP contribution is -2.14. The van der Waals surface area contributed by atoms with Crippen molar-refractivity contribution in [3.63, 3.8) is 0 Å². The van der Waals surface area contributed by atoms with Crippen LogP contribution in [0.25, 0.3) is 6.08 Å². The number of nitrogens with one attached hydrogen (secondary N) is 1. The average molecular weight is 319 g/mol. The number of hydrogen-bond donors (Lipinski definition) is 1. The van der Waals surface area contributed by atoms with Gasteiger partial charge in [-0.05, 0) is 35.9 Å². The third-order valence-electron chi connectivity index (χ3n) is 2.73. The highest BCUT2D eigenvalue weighted by molar-refractivity contribution is 6.30. The minimum absolute atomic E-state index is 0.205. The molecule has 6 heteroatoms. The van der Waals surface area contributed by atoms with Crippen LogP contribution >= 0.6 is 11.6 Å². The van der Waals surface area contributed by atoms with Gasteiger partial charge in [-0.1, -0.05) is 23.7 Å². The summed E-state index contributed by atoms with van der Waals surface area (Å²) in [7, 11) is 0. The molecule has 0 saturated carbocycles. The number of carbonyl (C=O) groups is 1. The molecular weight excluding hydrogens is 310 g/mol. The number of carbonyl (C=O) groups excluding carboxylic acids is 1. The van der Waals surface area contributed by atoms with E-state index in [1.54, 1.807) is 30.3 Å². The zero-order valence-electron chi connectivity index (χ0n) is 11.1. The summed E-state index contributed by atoms with van der Waals surface area (Å²) in [5.41, 5.74) is 0.172. The van der Waals surface area contributed by atoms with E-state index in [-0.39, 0.29) is 11.3 Å². The summed E-state index contributed by atoms with van der Waals surface area (Å²) in [5, 5.41) is 11.8. The molecule has 0 saturated heterocycles. The fourth-order valence-electron chi connectivity index (χ4n) is 1.65. The molecule has 0 radical (unpaired) electrons. The summed E-state index contributed by atoms with van der Waals surface area (Å²) in [5.74, 6) is -2.46.